The van der Waals surface area contributed by atoms with E-state index in [0.29, 0.717) is 0 Å². The van der Waals surface area contributed by atoms with Gasteiger partial charge in [0, 0.05) is 10.7 Å². The van der Waals surface area contributed by atoms with Crippen molar-refractivity contribution in [1.29, 1.82) is 0 Å². The largest absolute Gasteiger partial charge is 0.497 e. The average molecular weight is 357 g/mol. The van der Waals surface area contributed by atoms with E-state index in [0.717, 1.165) is 22.1 Å². The van der Waals surface area contributed by atoms with E-state index in [2.05, 4.69) is 0 Å². The van der Waals surface area contributed by atoms with Crippen LogP contribution in [0.1, 0.15) is 18.4 Å². The lowest BCUT2D eigenvalue weighted by Gasteiger charge is -2.12. The Kier molecular flexibility index (Phi) is 5.49. The summed E-state index contributed by atoms with van der Waals surface area (Å²) >= 11 is 0. The molecule has 0 aliphatic heterocycles. The van der Waals surface area contributed by atoms with Gasteiger partial charge in [0.15, 0.2) is 0 Å². The highest BCUT2D eigenvalue weighted by atomic mass is 35.7. The number of methoxy groups -OCH3 is 1. The summed E-state index contributed by atoms with van der Waals surface area (Å²) in [7, 11) is 3.02. The van der Waals surface area contributed by atoms with Crippen molar-refractivity contribution in [2.75, 3.05) is 19.5 Å². The Labute approximate surface area is 139 Å². The summed E-state index contributed by atoms with van der Waals surface area (Å²) in [5, 5.41) is 1.98. The molecule has 0 aliphatic carbocycles. The van der Waals surface area contributed by atoms with Crippen LogP contribution in [0.5, 0.6) is 5.75 Å². The molecule has 0 saturated carbocycles. The van der Waals surface area contributed by atoms with Gasteiger partial charge in [-0.15, -0.1) is 0 Å². The second kappa shape index (κ2) is 7.19. The number of fused-ring (bicyclic) bond motifs is 1. The summed E-state index contributed by atoms with van der Waals surface area (Å²) in [6.07, 6.45) is 0. The molecule has 2 rings (SSSR count). The van der Waals surface area contributed by atoms with Crippen molar-refractivity contribution in [3.05, 3.63) is 42.0 Å². The number of esters is 1. The Balaban J connectivity index is 2.11. The van der Waals surface area contributed by atoms with Gasteiger partial charge >= 0.3 is 5.97 Å². The van der Waals surface area contributed by atoms with Crippen LogP contribution in [0.15, 0.2) is 36.4 Å². The molecular weight excluding hydrogens is 340 g/mol. The Bertz CT molecular complexity index is 816. The zero-order valence-electron chi connectivity index (χ0n) is 12.8. The number of hydrogen-bond donors (Lipinski definition) is 0. The van der Waals surface area contributed by atoms with Crippen LogP contribution in [0, 0.1) is 0 Å². The third kappa shape index (κ3) is 4.84. The molecule has 0 spiro atoms. The lowest BCUT2D eigenvalue weighted by Crippen LogP contribution is -2.17. The molecule has 124 valence electrons. The minimum atomic E-state index is -3.66. The maximum atomic E-state index is 12.0. The summed E-state index contributed by atoms with van der Waals surface area (Å²) in [5.41, 5.74) is 0.793. The number of carbonyl (C=O) groups is 1. The summed E-state index contributed by atoms with van der Waals surface area (Å²) < 4.78 is 31.8. The van der Waals surface area contributed by atoms with Crippen molar-refractivity contribution in [3.63, 3.8) is 0 Å². The fourth-order valence-electron chi connectivity index (χ4n) is 2.14. The van der Waals surface area contributed by atoms with Gasteiger partial charge in [-0.2, -0.15) is 0 Å². The molecule has 0 radical (unpaired) electrons. The lowest BCUT2D eigenvalue weighted by atomic mass is 9.98. The third-order valence-corrected chi connectivity index (χ3v) is 4.61. The molecule has 0 fully saturated rings. The van der Waals surface area contributed by atoms with Gasteiger partial charge in [0.1, 0.15) is 12.4 Å². The molecule has 0 unspecified atom stereocenters. The van der Waals surface area contributed by atoms with E-state index >= 15 is 0 Å². The maximum Gasteiger partial charge on any atom is 0.313 e. The van der Waals surface area contributed by atoms with E-state index in [1.165, 1.54) is 0 Å². The predicted molar refractivity (Wildman–Crippen MR) is 89.5 cm³/mol. The van der Waals surface area contributed by atoms with Crippen LogP contribution < -0.4 is 4.74 Å². The minimum Gasteiger partial charge on any atom is -0.497 e. The zero-order valence-corrected chi connectivity index (χ0v) is 14.4. The molecule has 2 aromatic rings. The number of hydrogen-bond acceptors (Lipinski definition) is 5. The van der Waals surface area contributed by atoms with Crippen molar-refractivity contribution in [2.24, 2.45) is 0 Å². The zero-order chi connectivity index (χ0) is 17.0. The molecule has 0 aromatic heterocycles. The van der Waals surface area contributed by atoms with E-state index in [1.54, 1.807) is 14.0 Å². The van der Waals surface area contributed by atoms with Gasteiger partial charge in [0.2, 0.25) is 9.05 Å². The van der Waals surface area contributed by atoms with E-state index < -0.39 is 26.7 Å². The predicted octanol–water partition coefficient (Wildman–Crippen LogP) is 3.06. The monoisotopic (exact) mass is 356 g/mol. The summed E-state index contributed by atoms with van der Waals surface area (Å²) in [5.74, 6) is -0.623. The summed E-state index contributed by atoms with van der Waals surface area (Å²) in [6.45, 7) is 1.46. The highest BCUT2D eigenvalue weighted by Crippen LogP contribution is 2.25. The van der Waals surface area contributed by atoms with Crippen LogP contribution in [0.2, 0.25) is 0 Å². The van der Waals surface area contributed by atoms with Crippen LogP contribution in [0.25, 0.3) is 10.8 Å². The minimum absolute atomic E-state index is 0.250. The average Bonchev–Trinajstić information content (AvgIpc) is 2.51. The second-order valence-corrected chi connectivity index (χ2v) is 8.00. The quantitative estimate of drug-likeness (QED) is 0.587. The number of carbonyl (C=O) groups excluding carboxylic acids is 1. The van der Waals surface area contributed by atoms with Crippen molar-refractivity contribution >= 4 is 36.5 Å². The molecular formula is C16H17ClO5S. The number of halogens is 1. The van der Waals surface area contributed by atoms with Gasteiger partial charge in [0.25, 0.3) is 0 Å². The molecule has 7 heteroatoms. The molecule has 0 amide bonds. The Morgan fingerprint density at radius 1 is 1.17 bits per heavy atom. The molecule has 5 nitrogen and oxygen atoms in total. The summed E-state index contributed by atoms with van der Waals surface area (Å²) in [6, 6.07) is 11.3. The van der Waals surface area contributed by atoms with Gasteiger partial charge in [-0.3, -0.25) is 4.79 Å². The fourth-order valence-corrected chi connectivity index (χ4v) is 2.61. The first-order valence-electron chi connectivity index (χ1n) is 6.97. The second-order valence-electron chi connectivity index (χ2n) is 5.10. The van der Waals surface area contributed by atoms with Crippen LogP contribution in [0.4, 0.5) is 0 Å². The highest BCUT2D eigenvalue weighted by molar-refractivity contribution is 8.13. The van der Waals surface area contributed by atoms with E-state index in [-0.39, 0.29) is 6.61 Å². The van der Waals surface area contributed by atoms with Crippen LogP contribution >= 0.6 is 10.7 Å². The van der Waals surface area contributed by atoms with Crippen LogP contribution in [0.3, 0.4) is 0 Å². The van der Waals surface area contributed by atoms with Crippen molar-refractivity contribution < 1.29 is 22.7 Å². The first-order chi connectivity index (χ1) is 10.8. The van der Waals surface area contributed by atoms with E-state index in [1.807, 2.05) is 36.4 Å². The van der Waals surface area contributed by atoms with Gasteiger partial charge in [-0.25, -0.2) is 8.42 Å². The van der Waals surface area contributed by atoms with E-state index in [9.17, 15) is 13.2 Å². The topological polar surface area (TPSA) is 69.7 Å². The maximum absolute atomic E-state index is 12.0. The number of benzene rings is 2. The Hall–Kier alpha value is -1.79. The van der Waals surface area contributed by atoms with Gasteiger partial charge in [-0.1, -0.05) is 24.3 Å². The molecule has 0 N–H and O–H groups in total. The molecule has 0 heterocycles. The van der Waals surface area contributed by atoms with Crippen LogP contribution in [-0.2, 0) is 18.6 Å². The Morgan fingerprint density at radius 2 is 1.83 bits per heavy atom. The smallest absolute Gasteiger partial charge is 0.313 e. The standard InChI is InChI=1S/C16H17ClO5S/c1-11(16(18)22-7-8-23(17,19)20)12-3-4-14-10-15(21-2)6-5-13(14)9-12/h3-6,9-11H,7-8H2,1-2H3/t11-/m0/s1. The van der Waals surface area contributed by atoms with Crippen molar-refractivity contribution in [3.8, 4) is 5.75 Å². The summed E-state index contributed by atoms with van der Waals surface area (Å²) in [4.78, 5) is 12.0. The molecule has 0 bridgehead atoms. The fraction of sp³-hybridized carbons (Fsp3) is 0.312. The SMILES string of the molecule is COc1ccc2cc([C@H](C)C(=O)OCCS(=O)(=O)Cl)ccc2c1. The van der Waals surface area contributed by atoms with Crippen molar-refractivity contribution in [1.82, 2.24) is 0 Å². The third-order valence-electron chi connectivity index (χ3n) is 3.50. The van der Waals surface area contributed by atoms with E-state index in [4.69, 9.17) is 20.2 Å². The van der Waals surface area contributed by atoms with Gasteiger partial charge in [0.05, 0.1) is 18.8 Å². The number of rotatable bonds is 6. The molecule has 0 saturated heterocycles. The highest BCUT2D eigenvalue weighted by Gasteiger charge is 2.18. The molecule has 2 aromatic carbocycles. The van der Waals surface area contributed by atoms with Crippen molar-refractivity contribution in [2.45, 2.75) is 12.8 Å². The van der Waals surface area contributed by atoms with Gasteiger partial charge in [-0.05, 0) is 35.4 Å². The molecule has 1 atom stereocenters. The van der Waals surface area contributed by atoms with Gasteiger partial charge < -0.3 is 9.47 Å². The molecule has 23 heavy (non-hydrogen) atoms. The first kappa shape index (κ1) is 17.6. The Morgan fingerprint density at radius 3 is 2.48 bits per heavy atom. The van der Waals surface area contributed by atoms with Crippen LogP contribution in [-0.4, -0.2) is 33.9 Å². The number of ether oxygens (including phenoxy) is 2. The normalized spacial score (nSPS) is 12.8. The lowest BCUT2D eigenvalue weighted by molar-refractivity contribution is -0.144. The molecule has 0 aliphatic rings. The first-order valence-corrected chi connectivity index (χ1v) is 9.44.